The number of benzene rings is 2. The Bertz CT molecular complexity index is 989. The van der Waals surface area contributed by atoms with Crippen LogP contribution in [0.25, 0.3) is 0 Å². The van der Waals surface area contributed by atoms with E-state index in [0.717, 1.165) is 12.8 Å². The normalized spacial score (nSPS) is 14.8. The van der Waals surface area contributed by atoms with Gasteiger partial charge in [-0.3, -0.25) is 9.59 Å². The van der Waals surface area contributed by atoms with Crippen molar-refractivity contribution in [1.29, 1.82) is 0 Å². The van der Waals surface area contributed by atoms with E-state index in [1.54, 1.807) is 38.1 Å². The van der Waals surface area contributed by atoms with Crippen molar-refractivity contribution in [2.24, 2.45) is 5.92 Å². The van der Waals surface area contributed by atoms with E-state index in [9.17, 15) is 18.8 Å². The van der Waals surface area contributed by atoms with E-state index in [1.165, 1.54) is 24.3 Å². The standard InChI is InChI=1S/C25H29FN2O5/c1-4-32-20-8-6-5-7-19(20)23(29)28-21(15(2)3)25(31)33-22(24(30)27-18-13-14-18)16-9-11-17(26)12-10-16/h5-12,15,18,21-22H,4,13-14H2,1-3H3,(H,27,30)(H,28,29)/t21-,22-/m1/s1. The maximum Gasteiger partial charge on any atom is 0.330 e. The van der Waals surface area contributed by atoms with E-state index in [1.807, 2.05) is 6.92 Å². The Kier molecular flexibility index (Phi) is 8.03. The molecule has 0 bridgehead atoms. The highest BCUT2D eigenvalue weighted by atomic mass is 19.1. The molecule has 1 saturated carbocycles. The monoisotopic (exact) mass is 456 g/mol. The minimum absolute atomic E-state index is 0.0508. The van der Waals surface area contributed by atoms with Crippen LogP contribution in [0.4, 0.5) is 4.39 Å². The van der Waals surface area contributed by atoms with Gasteiger partial charge in [-0.05, 0) is 49.9 Å². The van der Waals surface area contributed by atoms with Crippen molar-refractivity contribution in [2.75, 3.05) is 6.61 Å². The average molecular weight is 457 g/mol. The summed E-state index contributed by atoms with van der Waals surface area (Å²) in [5, 5.41) is 5.52. The summed E-state index contributed by atoms with van der Waals surface area (Å²) in [4.78, 5) is 38.8. The molecule has 176 valence electrons. The molecule has 7 nitrogen and oxygen atoms in total. The van der Waals surface area contributed by atoms with Crippen molar-refractivity contribution in [3.05, 3.63) is 65.5 Å². The van der Waals surface area contributed by atoms with Crippen LogP contribution < -0.4 is 15.4 Å². The molecule has 0 aromatic heterocycles. The lowest BCUT2D eigenvalue weighted by Crippen LogP contribution is -2.46. The van der Waals surface area contributed by atoms with Crippen LogP contribution in [0.5, 0.6) is 5.75 Å². The molecule has 1 aliphatic rings. The van der Waals surface area contributed by atoms with Crippen LogP contribution >= 0.6 is 0 Å². The Balaban J connectivity index is 1.78. The fourth-order valence-electron chi connectivity index (χ4n) is 3.26. The Morgan fingerprint density at radius 3 is 2.33 bits per heavy atom. The predicted molar refractivity (Wildman–Crippen MR) is 120 cm³/mol. The van der Waals surface area contributed by atoms with Crippen LogP contribution in [-0.2, 0) is 14.3 Å². The lowest BCUT2D eigenvalue weighted by Gasteiger charge is -2.25. The van der Waals surface area contributed by atoms with Gasteiger partial charge in [-0.2, -0.15) is 0 Å². The SMILES string of the molecule is CCOc1ccccc1C(=O)N[C@@H](C(=O)O[C@@H](C(=O)NC1CC1)c1ccc(F)cc1)C(C)C. The zero-order valence-electron chi connectivity index (χ0n) is 19.0. The molecule has 2 amide bonds. The van der Waals surface area contributed by atoms with Crippen molar-refractivity contribution in [3.63, 3.8) is 0 Å². The average Bonchev–Trinajstić information content (AvgIpc) is 3.60. The number of para-hydroxylation sites is 1. The van der Waals surface area contributed by atoms with E-state index in [-0.39, 0.29) is 12.0 Å². The van der Waals surface area contributed by atoms with E-state index < -0.39 is 35.7 Å². The summed E-state index contributed by atoms with van der Waals surface area (Å²) in [5.41, 5.74) is 0.637. The number of halogens is 1. The van der Waals surface area contributed by atoms with Crippen LogP contribution in [0.3, 0.4) is 0 Å². The molecule has 0 radical (unpaired) electrons. The molecular weight excluding hydrogens is 427 g/mol. The van der Waals surface area contributed by atoms with Crippen molar-refractivity contribution in [2.45, 2.75) is 51.8 Å². The zero-order chi connectivity index (χ0) is 24.0. The number of carbonyl (C=O) groups is 3. The predicted octanol–water partition coefficient (Wildman–Crippen LogP) is 3.54. The molecule has 3 rings (SSSR count). The van der Waals surface area contributed by atoms with Crippen molar-refractivity contribution in [1.82, 2.24) is 10.6 Å². The molecule has 8 heteroatoms. The highest BCUT2D eigenvalue weighted by molar-refractivity contribution is 5.99. The van der Waals surface area contributed by atoms with Gasteiger partial charge < -0.3 is 20.1 Å². The summed E-state index contributed by atoms with van der Waals surface area (Å²) in [5.74, 6) is -2.11. The third-order valence-electron chi connectivity index (χ3n) is 5.21. The molecule has 0 heterocycles. The molecule has 1 aliphatic carbocycles. The largest absolute Gasteiger partial charge is 0.493 e. The van der Waals surface area contributed by atoms with Crippen LogP contribution in [0.1, 0.15) is 55.6 Å². The van der Waals surface area contributed by atoms with Gasteiger partial charge in [0.15, 0.2) is 0 Å². The molecular formula is C25H29FN2O5. The summed E-state index contributed by atoms with van der Waals surface area (Å²) >= 11 is 0. The zero-order valence-corrected chi connectivity index (χ0v) is 19.0. The summed E-state index contributed by atoms with van der Waals surface area (Å²) in [6.07, 6.45) is 0.465. The molecule has 0 unspecified atom stereocenters. The van der Waals surface area contributed by atoms with Crippen molar-refractivity contribution in [3.8, 4) is 5.75 Å². The van der Waals surface area contributed by atoms with Gasteiger partial charge in [0, 0.05) is 11.6 Å². The Hall–Kier alpha value is -3.42. The van der Waals surface area contributed by atoms with Gasteiger partial charge in [0.05, 0.1) is 12.2 Å². The lowest BCUT2D eigenvalue weighted by molar-refractivity contribution is -0.159. The first-order valence-electron chi connectivity index (χ1n) is 11.1. The van der Waals surface area contributed by atoms with Crippen molar-refractivity contribution >= 4 is 17.8 Å². The van der Waals surface area contributed by atoms with Gasteiger partial charge in [-0.15, -0.1) is 0 Å². The maximum absolute atomic E-state index is 13.4. The first kappa shape index (κ1) is 24.2. The number of hydrogen-bond acceptors (Lipinski definition) is 5. The Morgan fingerprint density at radius 2 is 1.73 bits per heavy atom. The first-order valence-corrected chi connectivity index (χ1v) is 11.1. The fourth-order valence-corrected chi connectivity index (χ4v) is 3.26. The Labute approximate surface area is 192 Å². The number of hydrogen-bond donors (Lipinski definition) is 2. The van der Waals surface area contributed by atoms with E-state index >= 15 is 0 Å². The summed E-state index contributed by atoms with van der Waals surface area (Å²) in [7, 11) is 0. The minimum atomic E-state index is -1.26. The van der Waals surface area contributed by atoms with Crippen LogP contribution in [-0.4, -0.2) is 36.5 Å². The number of nitrogens with one attached hydrogen (secondary N) is 2. The first-order chi connectivity index (χ1) is 15.8. The summed E-state index contributed by atoms with van der Waals surface area (Å²) in [6.45, 7) is 5.72. The molecule has 0 spiro atoms. The van der Waals surface area contributed by atoms with Gasteiger partial charge in [0.25, 0.3) is 11.8 Å². The molecule has 2 aromatic rings. The summed E-state index contributed by atoms with van der Waals surface area (Å²) in [6, 6.07) is 11.0. The second kappa shape index (κ2) is 10.9. The number of ether oxygens (including phenoxy) is 2. The van der Waals surface area contributed by atoms with Gasteiger partial charge in [-0.25, -0.2) is 9.18 Å². The minimum Gasteiger partial charge on any atom is -0.493 e. The molecule has 2 aromatic carbocycles. The molecule has 1 fully saturated rings. The number of carbonyl (C=O) groups excluding carboxylic acids is 3. The highest BCUT2D eigenvalue weighted by Gasteiger charge is 2.34. The second-order valence-corrected chi connectivity index (χ2v) is 8.28. The van der Waals surface area contributed by atoms with Crippen LogP contribution in [0.15, 0.2) is 48.5 Å². The quantitative estimate of drug-likeness (QED) is 0.534. The highest BCUT2D eigenvalue weighted by Crippen LogP contribution is 2.25. The van der Waals surface area contributed by atoms with Crippen molar-refractivity contribution < 1.29 is 28.2 Å². The maximum atomic E-state index is 13.4. The second-order valence-electron chi connectivity index (χ2n) is 8.28. The molecule has 2 N–H and O–H groups in total. The molecule has 2 atom stereocenters. The Morgan fingerprint density at radius 1 is 1.06 bits per heavy atom. The topological polar surface area (TPSA) is 93.7 Å². The number of esters is 1. The van der Waals surface area contributed by atoms with Crippen LogP contribution in [0, 0.1) is 11.7 Å². The van der Waals surface area contributed by atoms with E-state index in [4.69, 9.17) is 9.47 Å². The number of amides is 2. The van der Waals surface area contributed by atoms with Gasteiger partial charge in [-0.1, -0.05) is 38.1 Å². The van der Waals surface area contributed by atoms with Crippen LogP contribution in [0.2, 0.25) is 0 Å². The van der Waals surface area contributed by atoms with E-state index in [2.05, 4.69) is 10.6 Å². The van der Waals surface area contributed by atoms with Gasteiger partial charge >= 0.3 is 5.97 Å². The lowest BCUT2D eigenvalue weighted by atomic mass is 10.0. The van der Waals surface area contributed by atoms with Gasteiger partial charge in [0.2, 0.25) is 6.10 Å². The third-order valence-corrected chi connectivity index (χ3v) is 5.21. The molecule has 0 saturated heterocycles. The van der Waals surface area contributed by atoms with Gasteiger partial charge in [0.1, 0.15) is 17.6 Å². The van der Waals surface area contributed by atoms with E-state index in [0.29, 0.717) is 23.5 Å². The molecule has 33 heavy (non-hydrogen) atoms. The molecule has 0 aliphatic heterocycles. The third kappa shape index (κ3) is 6.54. The smallest absolute Gasteiger partial charge is 0.330 e. The summed E-state index contributed by atoms with van der Waals surface area (Å²) < 4.78 is 24.5. The fraction of sp³-hybridized carbons (Fsp3) is 0.400. The number of rotatable bonds is 10.